The molecule has 1 aromatic rings. The van der Waals surface area contributed by atoms with Gasteiger partial charge >= 0.3 is 0 Å². The van der Waals surface area contributed by atoms with Crippen LogP contribution in [0.2, 0.25) is 0 Å². The molecule has 0 amide bonds. The van der Waals surface area contributed by atoms with Crippen molar-refractivity contribution < 1.29 is 8.78 Å². The van der Waals surface area contributed by atoms with Gasteiger partial charge in [-0.15, -0.1) is 11.8 Å². The fourth-order valence-electron chi connectivity index (χ4n) is 2.45. The Morgan fingerprint density at radius 1 is 1.13 bits per heavy atom. The van der Waals surface area contributed by atoms with Crippen molar-refractivity contribution in [1.82, 2.24) is 0 Å². The summed E-state index contributed by atoms with van der Waals surface area (Å²) in [6.07, 6.45) is 3.47. The lowest BCUT2D eigenvalue weighted by Gasteiger charge is -2.25. The van der Waals surface area contributed by atoms with Crippen LogP contribution in [0.25, 0.3) is 0 Å². The van der Waals surface area contributed by atoms with Gasteiger partial charge in [0.05, 0.1) is 0 Å². The van der Waals surface area contributed by atoms with Crippen LogP contribution in [-0.2, 0) is 0 Å². The lowest BCUT2D eigenvalue weighted by Crippen LogP contribution is -2.12. The number of benzene rings is 1. The van der Waals surface area contributed by atoms with Crippen LogP contribution < -0.4 is 0 Å². The van der Waals surface area contributed by atoms with E-state index in [2.05, 4.69) is 0 Å². The van der Waals surface area contributed by atoms with E-state index in [4.69, 9.17) is 0 Å². The van der Waals surface area contributed by atoms with Crippen molar-refractivity contribution in [3.05, 3.63) is 29.3 Å². The Morgan fingerprint density at radius 2 is 1.93 bits per heavy atom. The zero-order chi connectivity index (χ0) is 10.4. The van der Waals surface area contributed by atoms with E-state index in [1.54, 1.807) is 11.8 Å². The van der Waals surface area contributed by atoms with Crippen molar-refractivity contribution in [3.8, 4) is 0 Å². The zero-order valence-electron chi connectivity index (χ0n) is 8.30. The average Bonchev–Trinajstić information content (AvgIpc) is 2.99. The van der Waals surface area contributed by atoms with E-state index in [1.165, 1.54) is 18.9 Å². The lowest BCUT2D eigenvalue weighted by molar-refractivity contribution is 0.504. The second kappa shape index (κ2) is 3.48. The number of halogens is 2. The predicted octanol–water partition coefficient (Wildman–Crippen LogP) is 3.95. The Balaban J connectivity index is 2.08. The monoisotopic (exact) mass is 226 g/mol. The van der Waals surface area contributed by atoms with Gasteiger partial charge in [0.25, 0.3) is 0 Å². The van der Waals surface area contributed by atoms with Crippen LogP contribution in [0.1, 0.15) is 30.7 Å². The van der Waals surface area contributed by atoms with Crippen LogP contribution in [0.3, 0.4) is 0 Å². The van der Waals surface area contributed by atoms with Crippen molar-refractivity contribution in [2.24, 2.45) is 5.92 Å². The molecule has 3 heteroatoms. The summed E-state index contributed by atoms with van der Waals surface area (Å²) in [7, 11) is 0. The van der Waals surface area contributed by atoms with Gasteiger partial charge in [-0.25, -0.2) is 8.78 Å². The van der Waals surface area contributed by atoms with Crippen molar-refractivity contribution in [2.75, 3.05) is 5.75 Å². The maximum absolute atomic E-state index is 13.7. The first-order chi connectivity index (χ1) is 7.25. The Kier molecular flexibility index (Phi) is 2.23. The van der Waals surface area contributed by atoms with Gasteiger partial charge in [-0.1, -0.05) is 0 Å². The third kappa shape index (κ3) is 1.67. The molecule has 1 fully saturated rings. The summed E-state index contributed by atoms with van der Waals surface area (Å²) in [5.74, 6) is 1.22. The maximum Gasteiger partial charge on any atom is 0.130 e. The van der Waals surface area contributed by atoms with Gasteiger partial charge in [0.15, 0.2) is 0 Å². The van der Waals surface area contributed by atoms with E-state index < -0.39 is 5.82 Å². The molecule has 1 unspecified atom stereocenters. The van der Waals surface area contributed by atoms with Gasteiger partial charge in [0.1, 0.15) is 11.6 Å². The zero-order valence-corrected chi connectivity index (χ0v) is 9.12. The van der Waals surface area contributed by atoms with E-state index in [-0.39, 0.29) is 5.82 Å². The Hall–Kier alpha value is -0.570. The molecule has 0 saturated heterocycles. The van der Waals surface area contributed by atoms with Crippen molar-refractivity contribution in [3.63, 3.8) is 0 Å². The Labute approximate surface area is 92.1 Å². The van der Waals surface area contributed by atoms with Crippen LogP contribution in [0.15, 0.2) is 17.0 Å². The van der Waals surface area contributed by atoms with Gasteiger partial charge in [0, 0.05) is 16.5 Å². The number of fused-ring (bicyclic) bond motifs is 1. The number of hydrogen-bond donors (Lipinski definition) is 0. The highest BCUT2D eigenvalue weighted by Crippen LogP contribution is 2.50. The second-order valence-electron chi connectivity index (χ2n) is 4.38. The molecule has 15 heavy (non-hydrogen) atoms. The molecule has 3 rings (SSSR count). The van der Waals surface area contributed by atoms with Crippen LogP contribution in [-0.4, -0.2) is 5.75 Å². The summed E-state index contributed by atoms with van der Waals surface area (Å²) in [5.41, 5.74) is 0.787. The third-order valence-electron chi connectivity index (χ3n) is 3.30. The highest BCUT2D eigenvalue weighted by atomic mass is 32.2. The van der Waals surface area contributed by atoms with Gasteiger partial charge in [0.2, 0.25) is 0 Å². The van der Waals surface area contributed by atoms with Gasteiger partial charge in [-0.3, -0.25) is 0 Å². The molecular formula is C12H12F2S. The molecule has 1 aliphatic heterocycles. The molecule has 1 atom stereocenters. The fourth-order valence-corrected chi connectivity index (χ4v) is 3.64. The SMILES string of the molecule is Fc1cc(F)c2c(c1)SCCC2C1CC1. The van der Waals surface area contributed by atoms with Crippen LogP contribution in [0, 0.1) is 17.6 Å². The van der Waals surface area contributed by atoms with Crippen LogP contribution in [0.5, 0.6) is 0 Å². The largest absolute Gasteiger partial charge is 0.207 e. The first-order valence-corrected chi connectivity index (χ1v) is 6.36. The molecule has 0 radical (unpaired) electrons. The molecule has 1 aromatic carbocycles. The van der Waals surface area contributed by atoms with Gasteiger partial charge < -0.3 is 0 Å². The smallest absolute Gasteiger partial charge is 0.130 e. The quantitative estimate of drug-likeness (QED) is 0.698. The van der Waals surface area contributed by atoms with Crippen molar-refractivity contribution in [2.45, 2.75) is 30.1 Å². The molecule has 0 nitrogen and oxygen atoms in total. The van der Waals surface area contributed by atoms with Gasteiger partial charge in [-0.2, -0.15) is 0 Å². The highest BCUT2D eigenvalue weighted by molar-refractivity contribution is 7.99. The Morgan fingerprint density at radius 3 is 2.67 bits per heavy atom. The van der Waals surface area contributed by atoms with Crippen LogP contribution >= 0.6 is 11.8 Å². The number of hydrogen-bond acceptors (Lipinski definition) is 1. The summed E-state index contributed by atoms with van der Waals surface area (Å²) < 4.78 is 26.8. The summed E-state index contributed by atoms with van der Waals surface area (Å²) in [4.78, 5) is 0.829. The van der Waals surface area contributed by atoms with E-state index >= 15 is 0 Å². The highest BCUT2D eigenvalue weighted by Gasteiger charge is 2.37. The van der Waals surface area contributed by atoms with E-state index in [0.717, 1.165) is 28.7 Å². The number of thioether (sulfide) groups is 1. The summed E-state index contributed by atoms with van der Waals surface area (Å²) in [6.45, 7) is 0. The van der Waals surface area contributed by atoms with Crippen molar-refractivity contribution in [1.29, 1.82) is 0 Å². The first kappa shape index (κ1) is 9.64. The minimum atomic E-state index is -0.449. The molecular weight excluding hydrogens is 214 g/mol. The molecule has 0 N–H and O–H groups in total. The average molecular weight is 226 g/mol. The van der Waals surface area contributed by atoms with Crippen molar-refractivity contribution >= 4 is 11.8 Å². The van der Waals surface area contributed by atoms with E-state index in [9.17, 15) is 8.78 Å². The molecule has 2 aliphatic rings. The summed E-state index contributed by atoms with van der Waals surface area (Å²) in [5, 5.41) is 0. The minimum Gasteiger partial charge on any atom is -0.207 e. The molecule has 1 saturated carbocycles. The summed E-state index contributed by atoms with van der Waals surface area (Å²) >= 11 is 1.59. The summed E-state index contributed by atoms with van der Waals surface area (Å²) in [6, 6.07) is 2.51. The van der Waals surface area contributed by atoms with Crippen LogP contribution in [0.4, 0.5) is 8.78 Å². The number of rotatable bonds is 1. The standard InChI is InChI=1S/C12H12F2S/c13-8-5-10(14)12-9(7-1-2-7)3-4-15-11(12)6-8/h5-7,9H,1-4H2. The molecule has 1 heterocycles. The topological polar surface area (TPSA) is 0 Å². The fraction of sp³-hybridized carbons (Fsp3) is 0.500. The molecule has 0 spiro atoms. The van der Waals surface area contributed by atoms with E-state index in [1.807, 2.05) is 0 Å². The van der Waals surface area contributed by atoms with E-state index in [0.29, 0.717) is 11.8 Å². The van der Waals surface area contributed by atoms with Gasteiger partial charge in [-0.05, 0) is 42.9 Å². The molecule has 80 valence electrons. The predicted molar refractivity (Wildman–Crippen MR) is 57.2 cm³/mol. The molecule has 1 aliphatic carbocycles. The molecule has 0 aromatic heterocycles. The third-order valence-corrected chi connectivity index (χ3v) is 4.39. The minimum absolute atomic E-state index is 0.339. The first-order valence-electron chi connectivity index (χ1n) is 5.37. The maximum atomic E-state index is 13.7. The molecule has 0 bridgehead atoms. The lowest BCUT2D eigenvalue weighted by atomic mass is 9.90. The second-order valence-corrected chi connectivity index (χ2v) is 5.52. The Bertz CT molecular complexity index is 399. The normalized spacial score (nSPS) is 25.1.